The predicted molar refractivity (Wildman–Crippen MR) is 75.7 cm³/mol. The molecular formula is C13H13ClN2O2S. The first-order valence-corrected chi connectivity index (χ1v) is 7.62. The van der Waals surface area contributed by atoms with Crippen LogP contribution in [0, 0.1) is 6.92 Å². The zero-order chi connectivity index (χ0) is 14.0. The molecule has 6 heteroatoms. The van der Waals surface area contributed by atoms with Crippen molar-refractivity contribution in [2.45, 2.75) is 17.6 Å². The molecule has 0 saturated carbocycles. The van der Waals surface area contributed by atoms with Gasteiger partial charge in [0.2, 0.25) is 0 Å². The third-order valence-electron chi connectivity index (χ3n) is 2.59. The minimum absolute atomic E-state index is 0.0835. The van der Waals surface area contributed by atoms with Gasteiger partial charge in [0.05, 0.1) is 22.0 Å². The Hall–Kier alpha value is -1.59. The molecule has 19 heavy (non-hydrogen) atoms. The number of aromatic nitrogens is 1. The average Bonchev–Trinajstić information content (AvgIpc) is 2.27. The summed E-state index contributed by atoms with van der Waals surface area (Å²) in [5, 5.41) is 0.408. The van der Waals surface area contributed by atoms with Crippen molar-refractivity contribution in [3.05, 3.63) is 52.8 Å². The van der Waals surface area contributed by atoms with Crippen molar-refractivity contribution >= 4 is 27.1 Å². The third kappa shape index (κ3) is 3.24. The fourth-order valence-corrected chi connectivity index (χ4v) is 3.33. The van der Waals surface area contributed by atoms with E-state index in [9.17, 15) is 8.42 Å². The smallest absolute Gasteiger partial charge is 0.186 e. The highest BCUT2D eigenvalue weighted by atomic mass is 35.5. The van der Waals surface area contributed by atoms with Gasteiger partial charge in [0.1, 0.15) is 0 Å². The molecule has 100 valence electrons. The molecular weight excluding hydrogens is 284 g/mol. The highest BCUT2D eigenvalue weighted by Crippen LogP contribution is 2.25. The number of nitrogens with two attached hydrogens (primary N) is 1. The predicted octanol–water partition coefficient (Wildman–Crippen LogP) is 2.60. The number of aryl methyl sites for hydroxylation is 1. The first-order chi connectivity index (χ1) is 8.88. The number of anilines is 1. The van der Waals surface area contributed by atoms with Crippen LogP contribution in [0.15, 0.2) is 41.3 Å². The van der Waals surface area contributed by atoms with Crippen LogP contribution in [-0.4, -0.2) is 13.4 Å². The normalized spacial score (nSPS) is 11.5. The second-order valence-corrected chi connectivity index (χ2v) is 6.61. The molecule has 1 heterocycles. The molecule has 2 rings (SSSR count). The molecule has 0 unspecified atom stereocenters. The summed E-state index contributed by atoms with van der Waals surface area (Å²) in [6, 6.07) is 9.62. The van der Waals surface area contributed by atoms with Gasteiger partial charge in [0.15, 0.2) is 9.84 Å². The van der Waals surface area contributed by atoms with E-state index in [2.05, 4.69) is 4.98 Å². The van der Waals surface area contributed by atoms with Crippen LogP contribution in [0.4, 0.5) is 5.69 Å². The van der Waals surface area contributed by atoms with E-state index >= 15 is 0 Å². The van der Waals surface area contributed by atoms with Gasteiger partial charge in [0.25, 0.3) is 0 Å². The lowest BCUT2D eigenvalue weighted by Crippen LogP contribution is -2.09. The quantitative estimate of drug-likeness (QED) is 0.884. The van der Waals surface area contributed by atoms with E-state index in [1.165, 1.54) is 18.2 Å². The van der Waals surface area contributed by atoms with E-state index in [-0.39, 0.29) is 16.3 Å². The van der Waals surface area contributed by atoms with Crippen molar-refractivity contribution in [2.24, 2.45) is 0 Å². The van der Waals surface area contributed by atoms with Crippen LogP contribution in [-0.2, 0) is 15.6 Å². The molecule has 0 bridgehead atoms. The van der Waals surface area contributed by atoms with Crippen molar-refractivity contribution in [1.82, 2.24) is 4.98 Å². The summed E-state index contributed by atoms with van der Waals surface area (Å²) in [6.45, 7) is 1.81. The fourth-order valence-electron chi connectivity index (χ4n) is 1.75. The van der Waals surface area contributed by atoms with Gasteiger partial charge >= 0.3 is 0 Å². The number of halogens is 1. The Kier molecular flexibility index (Phi) is 3.78. The number of hydrogen-bond acceptors (Lipinski definition) is 4. The first-order valence-electron chi connectivity index (χ1n) is 5.59. The average molecular weight is 297 g/mol. The van der Waals surface area contributed by atoms with Crippen LogP contribution < -0.4 is 5.73 Å². The summed E-state index contributed by atoms with van der Waals surface area (Å²) < 4.78 is 24.6. The van der Waals surface area contributed by atoms with Gasteiger partial charge in [-0.3, -0.25) is 4.98 Å². The molecule has 0 amide bonds. The maximum absolute atomic E-state index is 12.3. The summed E-state index contributed by atoms with van der Waals surface area (Å²) in [6.07, 6.45) is 0. The number of hydrogen-bond donors (Lipinski definition) is 1. The van der Waals surface area contributed by atoms with Gasteiger partial charge in [-0.05, 0) is 37.3 Å². The van der Waals surface area contributed by atoms with Crippen molar-refractivity contribution in [2.75, 3.05) is 5.73 Å². The van der Waals surface area contributed by atoms with E-state index in [1.54, 1.807) is 12.1 Å². The van der Waals surface area contributed by atoms with E-state index < -0.39 is 9.84 Å². The molecule has 2 aromatic rings. The SMILES string of the molecule is Cc1cccc(CS(=O)(=O)c2ccc(Cl)cc2N)n1. The van der Waals surface area contributed by atoms with Gasteiger partial charge in [-0.1, -0.05) is 17.7 Å². The second-order valence-electron chi connectivity index (χ2n) is 4.21. The molecule has 0 atom stereocenters. The highest BCUT2D eigenvalue weighted by molar-refractivity contribution is 7.90. The minimum atomic E-state index is -3.52. The summed E-state index contributed by atoms with van der Waals surface area (Å²) in [7, 11) is -3.52. The maximum atomic E-state index is 12.3. The molecule has 0 aliphatic rings. The Morgan fingerprint density at radius 3 is 2.63 bits per heavy atom. The van der Waals surface area contributed by atoms with E-state index in [1.807, 2.05) is 13.0 Å². The van der Waals surface area contributed by atoms with E-state index in [0.717, 1.165) is 5.69 Å². The summed E-state index contributed by atoms with van der Waals surface area (Å²) in [4.78, 5) is 4.27. The second kappa shape index (κ2) is 5.19. The minimum Gasteiger partial charge on any atom is -0.398 e. The lowest BCUT2D eigenvalue weighted by molar-refractivity contribution is 0.595. The molecule has 0 radical (unpaired) electrons. The lowest BCUT2D eigenvalue weighted by Gasteiger charge is -2.08. The topological polar surface area (TPSA) is 73.0 Å². The third-order valence-corrected chi connectivity index (χ3v) is 4.54. The largest absolute Gasteiger partial charge is 0.398 e. The molecule has 1 aromatic carbocycles. The molecule has 2 N–H and O–H groups in total. The molecule has 1 aromatic heterocycles. The van der Waals surface area contributed by atoms with Gasteiger partial charge in [0, 0.05) is 10.7 Å². The zero-order valence-electron chi connectivity index (χ0n) is 10.3. The number of sulfone groups is 1. The monoisotopic (exact) mass is 296 g/mol. The van der Waals surface area contributed by atoms with Crippen molar-refractivity contribution in [3.8, 4) is 0 Å². The van der Waals surface area contributed by atoms with Crippen molar-refractivity contribution in [1.29, 1.82) is 0 Å². The fraction of sp³-hybridized carbons (Fsp3) is 0.154. The van der Waals surface area contributed by atoms with Gasteiger partial charge in [-0.15, -0.1) is 0 Å². The van der Waals surface area contributed by atoms with Crippen LogP contribution in [0.25, 0.3) is 0 Å². The standard InChI is InChI=1S/C13H13ClN2O2S/c1-9-3-2-4-11(16-9)8-19(17,18)13-6-5-10(14)7-12(13)15/h2-7H,8,15H2,1H3. The number of benzene rings is 1. The van der Waals surface area contributed by atoms with E-state index in [0.29, 0.717) is 10.7 Å². The number of pyridine rings is 1. The van der Waals surface area contributed by atoms with Crippen molar-refractivity contribution in [3.63, 3.8) is 0 Å². The van der Waals surface area contributed by atoms with Crippen LogP contribution in [0.2, 0.25) is 5.02 Å². The van der Waals surface area contributed by atoms with Crippen LogP contribution in [0.1, 0.15) is 11.4 Å². The highest BCUT2D eigenvalue weighted by Gasteiger charge is 2.19. The number of nitrogen functional groups attached to an aromatic ring is 1. The Balaban J connectivity index is 2.38. The Labute approximate surface area is 117 Å². The van der Waals surface area contributed by atoms with Gasteiger partial charge in [-0.25, -0.2) is 8.42 Å². The summed E-state index contributed by atoms with van der Waals surface area (Å²) in [5.74, 6) is -0.180. The molecule has 0 spiro atoms. The lowest BCUT2D eigenvalue weighted by atomic mass is 10.3. The Morgan fingerprint density at radius 1 is 1.26 bits per heavy atom. The molecule has 0 aliphatic heterocycles. The van der Waals surface area contributed by atoms with Crippen molar-refractivity contribution < 1.29 is 8.42 Å². The molecule has 0 fully saturated rings. The zero-order valence-corrected chi connectivity index (χ0v) is 11.9. The molecule has 4 nitrogen and oxygen atoms in total. The van der Waals surface area contributed by atoms with E-state index in [4.69, 9.17) is 17.3 Å². The summed E-state index contributed by atoms with van der Waals surface area (Å²) >= 11 is 5.76. The van der Waals surface area contributed by atoms with Crippen LogP contribution in [0.3, 0.4) is 0 Å². The first kappa shape index (κ1) is 13.8. The Bertz CT molecular complexity index is 714. The number of nitrogens with zero attached hydrogens (tertiary/aromatic N) is 1. The molecule has 0 aliphatic carbocycles. The Morgan fingerprint density at radius 2 is 2.00 bits per heavy atom. The summed E-state index contributed by atoms with van der Waals surface area (Å²) in [5.41, 5.74) is 7.13. The maximum Gasteiger partial charge on any atom is 0.186 e. The van der Waals surface area contributed by atoms with Gasteiger partial charge < -0.3 is 5.73 Å². The van der Waals surface area contributed by atoms with Gasteiger partial charge in [-0.2, -0.15) is 0 Å². The van der Waals surface area contributed by atoms with Crippen LogP contribution >= 0.6 is 11.6 Å². The number of rotatable bonds is 3. The molecule has 0 saturated heterocycles. The van der Waals surface area contributed by atoms with Crippen LogP contribution in [0.5, 0.6) is 0 Å².